The molecule has 0 spiro atoms. The maximum absolute atomic E-state index is 2.41. The van der Waals surface area contributed by atoms with Crippen LogP contribution < -0.4 is 4.90 Å². The van der Waals surface area contributed by atoms with Crippen LogP contribution in [0.1, 0.15) is 26.3 Å². The number of hydrogen-bond acceptors (Lipinski definition) is 1. The zero-order valence-corrected chi connectivity index (χ0v) is 32.6. The first kappa shape index (κ1) is 34.5. The van der Waals surface area contributed by atoms with Gasteiger partial charge in [-0.05, 0) is 130 Å². The SMILES string of the molecule is CC(C)(C)c1cc(N(c2ccc(-c3cccc4ccccc34)cc2)c2ccc(-c3cc4c5ccccc5ccc4c4ccccc34)cc2)ccc1-c1ccccc1. The number of hydrogen-bond donors (Lipinski definition) is 0. The van der Waals surface area contributed by atoms with E-state index in [1.54, 1.807) is 0 Å². The van der Waals surface area contributed by atoms with E-state index in [0.29, 0.717) is 0 Å². The fourth-order valence-electron chi connectivity index (χ4n) is 8.77. The van der Waals surface area contributed by atoms with Gasteiger partial charge in [-0.15, -0.1) is 0 Å². The maximum Gasteiger partial charge on any atom is 0.0464 e. The maximum atomic E-state index is 2.41. The molecule has 10 aromatic carbocycles. The van der Waals surface area contributed by atoms with Crippen molar-refractivity contribution in [1.29, 1.82) is 0 Å². The molecule has 0 aliphatic rings. The van der Waals surface area contributed by atoms with Crippen LogP contribution >= 0.6 is 0 Å². The lowest BCUT2D eigenvalue weighted by atomic mass is 9.81. The van der Waals surface area contributed by atoms with E-state index >= 15 is 0 Å². The average molecular weight is 730 g/mol. The summed E-state index contributed by atoms with van der Waals surface area (Å²) in [6.07, 6.45) is 0. The van der Waals surface area contributed by atoms with Gasteiger partial charge in [0.05, 0.1) is 0 Å². The standard InChI is InChI=1S/C56H43N/c1-56(2,3)55-36-45(33-35-49(55)39-14-5-4-6-15-39)57(43-29-24-41(25-30-43)47-23-13-18-38-16-7-9-19-46(38)47)44-31-26-42(27-32-44)53-37-54-48-20-10-8-17-40(48)28-34-52(54)50-21-11-12-22-51(50)53/h4-37H,1-3H3. The third-order valence-corrected chi connectivity index (χ3v) is 11.6. The predicted molar refractivity (Wildman–Crippen MR) is 246 cm³/mol. The Kier molecular flexibility index (Phi) is 8.46. The number of benzene rings is 10. The highest BCUT2D eigenvalue weighted by Crippen LogP contribution is 2.43. The van der Waals surface area contributed by atoms with Gasteiger partial charge in [0.15, 0.2) is 0 Å². The van der Waals surface area contributed by atoms with Crippen LogP contribution in [-0.2, 0) is 5.41 Å². The second-order valence-corrected chi connectivity index (χ2v) is 16.2. The average Bonchev–Trinajstić information content (AvgIpc) is 3.26. The summed E-state index contributed by atoms with van der Waals surface area (Å²) in [4.78, 5) is 2.41. The topological polar surface area (TPSA) is 3.24 Å². The van der Waals surface area contributed by atoms with Gasteiger partial charge in [0.25, 0.3) is 0 Å². The molecular formula is C56H43N. The van der Waals surface area contributed by atoms with Crippen molar-refractivity contribution in [2.45, 2.75) is 26.2 Å². The van der Waals surface area contributed by atoms with Crippen molar-refractivity contribution in [3.05, 3.63) is 212 Å². The Morgan fingerprint density at radius 2 is 0.807 bits per heavy atom. The molecule has 0 atom stereocenters. The molecule has 0 radical (unpaired) electrons. The molecule has 0 amide bonds. The van der Waals surface area contributed by atoms with Crippen LogP contribution in [0.2, 0.25) is 0 Å². The van der Waals surface area contributed by atoms with Crippen LogP contribution in [0.15, 0.2) is 206 Å². The van der Waals surface area contributed by atoms with Crippen molar-refractivity contribution in [2.24, 2.45) is 0 Å². The van der Waals surface area contributed by atoms with E-state index in [9.17, 15) is 0 Å². The molecule has 0 heterocycles. The molecule has 10 aromatic rings. The van der Waals surface area contributed by atoms with E-state index in [1.807, 2.05) is 0 Å². The second kappa shape index (κ2) is 14.0. The molecule has 57 heavy (non-hydrogen) atoms. The van der Waals surface area contributed by atoms with E-state index in [1.165, 1.54) is 82.0 Å². The highest BCUT2D eigenvalue weighted by molar-refractivity contribution is 6.21. The smallest absolute Gasteiger partial charge is 0.0464 e. The van der Waals surface area contributed by atoms with E-state index < -0.39 is 0 Å². The lowest BCUT2D eigenvalue weighted by Crippen LogP contribution is -2.16. The molecule has 1 nitrogen and oxygen atoms in total. The van der Waals surface area contributed by atoms with Crippen LogP contribution in [0.5, 0.6) is 0 Å². The van der Waals surface area contributed by atoms with Crippen molar-refractivity contribution in [3.8, 4) is 33.4 Å². The minimum absolute atomic E-state index is 0.0732. The van der Waals surface area contributed by atoms with E-state index in [4.69, 9.17) is 0 Å². The van der Waals surface area contributed by atoms with Crippen LogP contribution in [0.25, 0.3) is 76.5 Å². The van der Waals surface area contributed by atoms with Crippen molar-refractivity contribution in [2.75, 3.05) is 4.90 Å². The fraction of sp³-hybridized carbons (Fsp3) is 0.0714. The zero-order chi connectivity index (χ0) is 38.5. The van der Waals surface area contributed by atoms with E-state index in [0.717, 1.165) is 17.1 Å². The number of rotatable bonds is 6. The van der Waals surface area contributed by atoms with Gasteiger partial charge in [0.2, 0.25) is 0 Å². The zero-order valence-electron chi connectivity index (χ0n) is 32.6. The first-order chi connectivity index (χ1) is 27.9. The summed E-state index contributed by atoms with van der Waals surface area (Å²) < 4.78 is 0. The van der Waals surface area contributed by atoms with Gasteiger partial charge in [-0.2, -0.15) is 0 Å². The van der Waals surface area contributed by atoms with Crippen molar-refractivity contribution < 1.29 is 0 Å². The lowest BCUT2D eigenvalue weighted by Gasteiger charge is -2.30. The summed E-state index contributed by atoms with van der Waals surface area (Å²) >= 11 is 0. The molecule has 0 N–H and O–H groups in total. The number of fused-ring (bicyclic) bond motifs is 6. The molecule has 0 saturated carbocycles. The van der Waals surface area contributed by atoms with Crippen LogP contribution in [0.3, 0.4) is 0 Å². The minimum atomic E-state index is -0.0732. The Balaban J connectivity index is 1.12. The monoisotopic (exact) mass is 729 g/mol. The highest BCUT2D eigenvalue weighted by atomic mass is 15.1. The summed E-state index contributed by atoms with van der Waals surface area (Å²) in [5.41, 5.74) is 12.0. The van der Waals surface area contributed by atoms with Gasteiger partial charge >= 0.3 is 0 Å². The molecule has 272 valence electrons. The molecule has 0 saturated heterocycles. The normalized spacial score (nSPS) is 11.8. The first-order valence-electron chi connectivity index (χ1n) is 19.9. The van der Waals surface area contributed by atoms with Crippen molar-refractivity contribution >= 4 is 60.2 Å². The van der Waals surface area contributed by atoms with Gasteiger partial charge in [-0.1, -0.05) is 185 Å². The molecule has 0 unspecified atom stereocenters. The van der Waals surface area contributed by atoms with Gasteiger partial charge in [-0.25, -0.2) is 0 Å². The summed E-state index contributed by atoms with van der Waals surface area (Å²) in [6, 6.07) is 75.7. The van der Waals surface area contributed by atoms with Gasteiger partial charge < -0.3 is 4.90 Å². The largest absolute Gasteiger partial charge is 0.310 e. The predicted octanol–water partition coefficient (Wildman–Crippen LogP) is 16.1. The molecule has 0 aliphatic heterocycles. The third kappa shape index (κ3) is 6.22. The summed E-state index contributed by atoms with van der Waals surface area (Å²) in [5, 5.41) is 10.2. The van der Waals surface area contributed by atoms with E-state index in [-0.39, 0.29) is 5.41 Å². The van der Waals surface area contributed by atoms with Gasteiger partial charge in [0.1, 0.15) is 0 Å². The summed E-state index contributed by atoms with van der Waals surface area (Å²) in [6.45, 7) is 6.94. The quantitative estimate of drug-likeness (QED) is 0.154. The van der Waals surface area contributed by atoms with Crippen LogP contribution in [0.4, 0.5) is 17.1 Å². The Labute approximate surface area is 335 Å². The molecule has 1 heteroatoms. The molecule has 0 bridgehead atoms. The Bertz CT molecular complexity index is 3070. The Morgan fingerprint density at radius 1 is 0.298 bits per heavy atom. The summed E-state index contributed by atoms with van der Waals surface area (Å²) in [5.74, 6) is 0. The van der Waals surface area contributed by atoms with E-state index in [2.05, 4.69) is 232 Å². The number of anilines is 3. The van der Waals surface area contributed by atoms with Crippen LogP contribution in [-0.4, -0.2) is 0 Å². The Hall–Kier alpha value is -6.96. The summed E-state index contributed by atoms with van der Waals surface area (Å²) in [7, 11) is 0. The second-order valence-electron chi connectivity index (χ2n) is 16.2. The van der Waals surface area contributed by atoms with Gasteiger partial charge in [0, 0.05) is 17.1 Å². The Morgan fingerprint density at radius 3 is 1.49 bits per heavy atom. The van der Waals surface area contributed by atoms with Crippen molar-refractivity contribution in [3.63, 3.8) is 0 Å². The molecule has 10 rings (SSSR count). The minimum Gasteiger partial charge on any atom is -0.310 e. The van der Waals surface area contributed by atoms with Crippen LogP contribution in [0, 0.1) is 0 Å². The molecular weight excluding hydrogens is 687 g/mol. The van der Waals surface area contributed by atoms with Gasteiger partial charge in [-0.3, -0.25) is 0 Å². The number of nitrogens with zero attached hydrogens (tertiary/aromatic N) is 1. The molecule has 0 fully saturated rings. The molecule has 0 aromatic heterocycles. The fourth-order valence-corrected chi connectivity index (χ4v) is 8.77. The molecule has 0 aliphatic carbocycles. The lowest BCUT2D eigenvalue weighted by molar-refractivity contribution is 0.592. The first-order valence-corrected chi connectivity index (χ1v) is 19.9. The van der Waals surface area contributed by atoms with Crippen molar-refractivity contribution in [1.82, 2.24) is 0 Å². The highest BCUT2D eigenvalue weighted by Gasteiger charge is 2.23. The third-order valence-electron chi connectivity index (χ3n) is 11.6.